The van der Waals surface area contributed by atoms with Crippen molar-refractivity contribution in [1.29, 1.82) is 0 Å². The molecule has 0 saturated heterocycles. The fraction of sp³-hybridized carbons (Fsp3) is 0.267. The molecule has 2 aromatic heterocycles. The molecule has 0 unspecified atom stereocenters. The molecule has 0 aliphatic rings. The maximum Gasteiger partial charge on any atom is 0.277 e. The van der Waals surface area contributed by atoms with Crippen molar-refractivity contribution in [3.05, 3.63) is 35.7 Å². The van der Waals surface area contributed by atoms with E-state index < -0.39 is 0 Å². The standard InChI is InChI=1S/C15H15N3O4S/c1-9-4-13(22-18-9)8-23-15-17-16-14(21-15)10-5-11(19-2)7-12(6-10)20-3/h4-7H,8H2,1-3H3. The zero-order valence-corrected chi connectivity index (χ0v) is 13.7. The van der Waals surface area contributed by atoms with E-state index >= 15 is 0 Å². The molecule has 23 heavy (non-hydrogen) atoms. The molecular formula is C15H15N3O4S. The molecule has 0 atom stereocenters. The predicted molar refractivity (Wildman–Crippen MR) is 83.6 cm³/mol. The van der Waals surface area contributed by atoms with Crippen molar-refractivity contribution in [3.63, 3.8) is 0 Å². The molecule has 120 valence electrons. The Hall–Kier alpha value is -2.48. The maximum absolute atomic E-state index is 5.66. The number of aromatic nitrogens is 3. The van der Waals surface area contributed by atoms with Gasteiger partial charge in [-0.05, 0) is 19.1 Å². The van der Waals surface area contributed by atoms with E-state index in [9.17, 15) is 0 Å². The fourth-order valence-electron chi connectivity index (χ4n) is 1.93. The molecule has 0 amide bonds. The lowest BCUT2D eigenvalue weighted by Crippen LogP contribution is -1.88. The maximum atomic E-state index is 5.66. The van der Waals surface area contributed by atoms with Gasteiger partial charge < -0.3 is 18.4 Å². The summed E-state index contributed by atoms with van der Waals surface area (Å²) < 4.78 is 21.3. The first-order chi connectivity index (χ1) is 11.2. The molecule has 8 heteroatoms. The number of benzene rings is 1. The van der Waals surface area contributed by atoms with Crippen molar-refractivity contribution in [3.8, 4) is 23.0 Å². The van der Waals surface area contributed by atoms with E-state index in [1.165, 1.54) is 11.8 Å². The highest BCUT2D eigenvalue weighted by Gasteiger charge is 2.13. The zero-order valence-electron chi connectivity index (χ0n) is 12.9. The van der Waals surface area contributed by atoms with Crippen LogP contribution in [0.3, 0.4) is 0 Å². The van der Waals surface area contributed by atoms with Crippen molar-refractivity contribution in [2.24, 2.45) is 0 Å². The molecule has 0 saturated carbocycles. The molecule has 0 fully saturated rings. The second-order valence-electron chi connectivity index (χ2n) is 4.70. The van der Waals surface area contributed by atoms with E-state index in [0.717, 1.165) is 17.0 Å². The van der Waals surface area contributed by atoms with E-state index in [1.807, 2.05) is 25.1 Å². The summed E-state index contributed by atoms with van der Waals surface area (Å²) in [5.74, 6) is 3.05. The molecule has 0 aliphatic heterocycles. The number of hydrogen-bond donors (Lipinski definition) is 0. The predicted octanol–water partition coefficient (Wildman–Crippen LogP) is 3.34. The van der Waals surface area contributed by atoms with Gasteiger partial charge >= 0.3 is 0 Å². The monoisotopic (exact) mass is 333 g/mol. The Bertz CT molecular complexity index is 777. The van der Waals surface area contributed by atoms with Crippen LogP contribution in [-0.2, 0) is 5.75 Å². The number of ether oxygens (including phenoxy) is 2. The molecular weight excluding hydrogens is 318 g/mol. The van der Waals surface area contributed by atoms with Crippen LogP contribution >= 0.6 is 11.8 Å². The summed E-state index contributed by atoms with van der Waals surface area (Å²) in [4.78, 5) is 0. The molecule has 0 aliphatic carbocycles. The highest BCUT2D eigenvalue weighted by molar-refractivity contribution is 7.98. The summed E-state index contributed by atoms with van der Waals surface area (Å²) in [5.41, 5.74) is 1.58. The van der Waals surface area contributed by atoms with Gasteiger partial charge in [-0.3, -0.25) is 0 Å². The third-order valence-electron chi connectivity index (χ3n) is 3.02. The number of methoxy groups -OCH3 is 2. The molecule has 0 radical (unpaired) electrons. The van der Waals surface area contributed by atoms with Crippen LogP contribution in [0.15, 0.2) is 38.4 Å². The van der Waals surface area contributed by atoms with Crippen molar-refractivity contribution in [2.45, 2.75) is 17.9 Å². The van der Waals surface area contributed by atoms with Gasteiger partial charge in [-0.2, -0.15) is 0 Å². The van der Waals surface area contributed by atoms with Gasteiger partial charge in [-0.25, -0.2) is 0 Å². The summed E-state index contributed by atoms with van der Waals surface area (Å²) in [5, 5.41) is 12.4. The van der Waals surface area contributed by atoms with E-state index in [0.29, 0.717) is 28.4 Å². The molecule has 3 aromatic rings. The Balaban J connectivity index is 1.76. The molecule has 7 nitrogen and oxygen atoms in total. The summed E-state index contributed by atoms with van der Waals surface area (Å²) in [6.45, 7) is 1.87. The number of nitrogens with zero attached hydrogens (tertiary/aromatic N) is 3. The lowest BCUT2D eigenvalue weighted by Gasteiger charge is -2.05. The highest BCUT2D eigenvalue weighted by atomic mass is 32.2. The SMILES string of the molecule is COc1cc(OC)cc(-c2nnc(SCc3cc(C)no3)o2)c1. The molecule has 3 rings (SSSR count). The molecule has 0 N–H and O–H groups in total. The van der Waals surface area contributed by atoms with Gasteiger partial charge in [0.15, 0.2) is 0 Å². The highest BCUT2D eigenvalue weighted by Crippen LogP contribution is 2.31. The number of hydrogen-bond acceptors (Lipinski definition) is 8. The van der Waals surface area contributed by atoms with Crippen LogP contribution in [0.1, 0.15) is 11.5 Å². The van der Waals surface area contributed by atoms with E-state index in [2.05, 4.69) is 15.4 Å². The normalized spacial score (nSPS) is 10.7. The molecule has 1 aromatic carbocycles. The minimum absolute atomic E-state index is 0.401. The van der Waals surface area contributed by atoms with Crippen LogP contribution in [0.25, 0.3) is 11.5 Å². The quantitative estimate of drug-likeness (QED) is 0.635. The average Bonchev–Trinajstić information content (AvgIpc) is 3.21. The lowest BCUT2D eigenvalue weighted by atomic mass is 10.2. The van der Waals surface area contributed by atoms with Crippen LogP contribution in [0.4, 0.5) is 0 Å². The third kappa shape index (κ3) is 3.65. The summed E-state index contributed by atoms with van der Waals surface area (Å²) in [6.07, 6.45) is 0. The van der Waals surface area contributed by atoms with Crippen molar-refractivity contribution in [2.75, 3.05) is 14.2 Å². The number of rotatable bonds is 6. The fourth-order valence-corrected chi connectivity index (χ4v) is 2.57. The van der Waals surface area contributed by atoms with Gasteiger partial charge in [0.25, 0.3) is 5.22 Å². The van der Waals surface area contributed by atoms with Crippen molar-refractivity contribution in [1.82, 2.24) is 15.4 Å². The second-order valence-corrected chi connectivity index (χ2v) is 5.62. The molecule has 0 bridgehead atoms. The minimum Gasteiger partial charge on any atom is -0.497 e. The summed E-state index contributed by atoms with van der Waals surface area (Å²) in [6, 6.07) is 7.27. The van der Waals surface area contributed by atoms with Crippen LogP contribution in [0.2, 0.25) is 0 Å². The Morgan fingerprint density at radius 3 is 2.39 bits per heavy atom. The largest absolute Gasteiger partial charge is 0.497 e. The van der Waals surface area contributed by atoms with Gasteiger partial charge in [0, 0.05) is 17.7 Å². The van der Waals surface area contributed by atoms with Crippen LogP contribution < -0.4 is 9.47 Å². The Kier molecular flexibility index (Phi) is 4.52. The first-order valence-corrected chi connectivity index (χ1v) is 7.78. The van der Waals surface area contributed by atoms with Crippen molar-refractivity contribution < 1.29 is 18.4 Å². The Morgan fingerprint density at radius 2 is 1.78 bits per heavy atom. The smallest absolute Gasteiger partial charge is 0.277 e. The molecule has 2 heterocycles. The second kappa shape index (κ2) is 6.74. The van der Waals surface area contributed by atoms with Gasteiger partial charge in [-0.1, -0.05) is 16.9 Å². The van der Waals surface area contributed by atoms with Gasteiger partial charge in [0.1, 0.15) is 17.3 Å². The Labute approximate surface area is 137 Å². The topological polar surface area (TPSA) is 83.4 Å². The number of thioether (sulfide) groups is 1. The van der Waals surface area contributed by atoms with Crippen LogP contribution in [0, 0.1) is 6.92 Å². The van der Waals surface area contributed by atoms with Gasteiger partial charge in [0.2, 0.25) is 5.89 Å². The average molecular weight is 333 g/mol. The lowest BCUT2D eigenvalue weighted by molar-refractivity contribution is 0.390. The molecule has 0 spiro atoms. The first-order valence-electron chi connectivity index (χ1n) is 6.80. The zero-order chi connectivity index (χ0) is 16.2. The minimum atomic E-state index is 0.401. The Morgan fingerprint density at radius 1 is 1.04 bits per heavy atom. The summed E-state index contributed by atoms with van der Waals surface area (Å²) >= 11 is 1.39. The van der Waals surface area contributed by atoms with E-state index in [1.54, 1.807) is 20.3 Å². The van der Waals surface area contributed by atoms with E-state index in [-0.39, 0.29) is 0 Å². The van der Waals surface area contributed by atoms with E-state index in [4.69, 9.17) is 18.4 Å². The summed E-state index contributed by atoms with van der Waals surface area (Å²) in [7, 11) is 3.18. The van der Waals surface area contributed by atoms with Crippen LogP contribution in [0.5, 0.6) is 11.5 Å². The first kappa shape index (κ1) is 15.4. The van der Waals surface area contributed by atoms with Crippen LogP contribution in [-0.4, -0.2) is 29.6 Å². The third-order valence-corrected chi connectivity index (χ3v) is 3.86. The van der Waals surface area contributed by atoms with Crippen molar-refractivity contribution >= 4 is 11.8 Å². The number of aryl methyl sites for hydroxylation is 1. The van der Waals surface area contributed by atoms with Gasteiger partial charge in [0.05, 0.1) is 25.7 Å². The van der Waals surface area contributed by atoms with Gasteiger partial charge in [-0.15, -0.1) is 10.2 Å².